The Morgan fingerprint density at radius 1 is 1.18 bits per heavy atom. The van der Waals surface area contributed by atoms with E-state index in [1.54, 1.807) is 0 Å². The summed E-state index contributed by atoms with van der Waals surface area (Å²) in [6.45, 7) is 14.1. The van der Waals surface area contributed by atoms with Crippen molar-refractivity contribution in [3.63, 3.8) is 0 Å². The number of ether oxygens (including phenoxy) is 2. The summed E-state index contributed by atoms with van der Waals surface area (Å²) in [4.78, 5) is 0. The quantitative estimate of drug-likeness (QED) is 0.342. The minimum absolute atomic E-state index is 0.260. The minimum atomic E-state index is -1.65. The first-order valence-electron chi connectivity index (χ1n) is 8.67. The molecule has 1 heterocycles. The van der Waals surface area contributed by atoms with Gasteiger partial charge >= 0.3 is 0 Å². The highest BCUT2D eigenvalue weighted by molar-refractivity contribution is 14.1. The van der Waals surface area contributed by atoms with Crippen LogP contribution in [-0.4, -0.2) is 38.4 Å². The predicted octanol–water partition coefficient (Wildman–Crippen LogP) is 4.99. The van der Waals surface area contributed by atoms with E-state index in [1.807, 2.05) is 0 Å². The molecule has 3 nitrogen and oxygen atoms in total. The number of halogens is 1. The van der Waals surface area contributed by atoms with Gasteiger partial charge in [0.1, 0.15) is 0 Å². The van der Waals surface area contributed by atoms with E-state index in [2.05, 4.69) is 56.5 Å². The molecule has 2 atom stereocenters. The normalized spacial score (nSPS) is 29.2. The zero-order valence-electron chi connectivity index (χ0n) is 14.9. The monoisotopic (exact) mass is 440 g/mol. The molecule has 2 aliphatic rings. The highest BCUT2D eigenvalue weighted by Gasteiger charge is 2.45. The lowest BCUT2D eigenvalue weighted by atomic mass is 9.75. The van der Waals surface area contributed by atoms with E-state index in [-0.39, 0.29) is 5.79 Å². The molecule has 0 radical (unpaired) electrons. The molecule has 1 saturated carbocycles. The largest absolute Gasteiger partial charge is 0.417 e. The van der Waals surface area contributed by atoms with Crippen molar-refractivity contribution >= 4 is 30.9 Å². The van der Waals surface area contributed by atoms with Gasteiger partial charge in [0, 0.05) is 19.4 Å². The molecular weight excluding hydrogens is 407 g/mol. The summed E-state index contributed by atoms with van der Waals surface area (Å²) in [5.74, 6) is 1.08. The van der Waals surface area contributed by atoms with Crippen LogP contribution in [0.3, 0.4) is 0 Å². The molecule has 5 heteroatoms. The molecule has 0 aromatic carbocycles. The SMILES string of the molecule is CC(C)(C)[Si](C)(C)OCC1CCC2(CC1CCI)OCCO2. The fourth-order valence-corrected chi connectivity index (χ4v) is 5.16. The lowest BCUT2D eigenvalue weighted by Crippen LogP contribution is -2.45. The van der Waals surface area contributed by atoms with E-state index in [9.17, 15) is 0 Å². The van der Waals surface area contributed by atoms with Crippen LogP contribution in [0, 0.1) is 11.8 Å². The molecule has 1 saturated heterocycles. The van der Waals surface area contributed by atoms with E-state index in [4.69, 9.17) is 13.9 Å². The minimum Gasteiger partial charge on any atom is -0.417 e. The average Bonchev–Trinajstić information content (AvgIpc) is 2.85. The Bertz CT molecular complexity index is 361. The average molecular weight is 440 g/mol. The summed E-state index contributed by atoms with van der Waals surface area (Å²) >= 11 is 2.50. The van der Waals surface area contributed by atoms with Crippen molar-refractivity contribution in [3.8, 4) is 0 Å². The van der Waals surface area contributed by atoms with Crippen LogP contribution in [0.2, 0.25) is 18.1 Å². The van der Waals surface area contributed by atoms with E-state index in [0.717, 1.165) is 32.7 Å². The molecule has 1 aliphatic heterocycles. The fraction of sp³-hybridized carbons (Fsp3) is 1.00. The molecule has 0 aromatic rings. The molecular formula is C17H33IO3Si. The van der Waals surface area contributed by atoms with Gasteiger partial charge in [0.15, 0.2) is 14.1 Å². The van der Waals surface area contributed by atoms with Gasteiger partial charge in [0.2, 0.25) is 0 Å². The fourth-order valence-electron chi connectivity index (χ4n) is 3.30. The van der Waals surface area contributed by atoms with Crippen LogP contribution in [0.15, 0.2) is 0 Å². The van der Waals surface area contributed by atoms with Crippen molar-refractivity contribution in [3.05, 3.63) is 0 Å². The molecule has 22 heavy (non-hydrogen) atoms. The van der Waals surface area contributed by atoms with Crippen LogP contribution in [0.25, 0.3) is 0 Å². The van der Waals surface area contributed by atoms with Gasteiger partial charge in [-0.05, 0) is 47.2 Å². The molecule has 0 aromatic heterocycles. The summed E-state index contributed by atoms with van der Waals surface area (Å²) in [6, 6.07) is 0. The second-order valence-corrected chi connectivity index (χ2v) is 14.3. The van der Waals surface area contributed by atoms with Gasteiger partial charge in [-0.25, -0.2) is 0 Å². The molecule has 130 valence electrons. The highest BCUT2D eigenvalue weighted by atomic mass is 127. The van der Waals surface area contributed by atoms with Gasteiger partial charge in [-0.3, -0.25) is 0 Å². The topological polar surface area (TPSA) is 27.7 Å². The smallest absolute Gasteiger partial charge is 0.191 e. The van der Waals surface area contributed by atoms with Gasteiger partial charge in [0.05, 0.1) is 13.2 Å². The number of rotatable bonds is 5. The number of hydrogen-bond donors (Lipinski definition) is 0. The predicted molar refractivity (Wildman–Crippen MR) is 102 cm³/mol. The highest BCUT2D eigenvalue weighted by Crippen LogP contribution is 2.44. The first-order valence-corrected chi connectivity index (χ1v) is 13.1. The van der Waals surface area contributed by atoms with Crippen LogP contribution in [-0.2, 0) is 13.9 Å². The van der Waals surface area contributed by atoms with Crippen LogP contribution in [0.4, 0.5) is 0 Å². The maximum Gasteiger partial charge on any atom is 0.191 e. The van der Waals surface area contributed by atoms with Gasteiger partial charge in [0.25, 0.3) is 0 Å². The van der Waals surface area contributed by atoms with Gasteiger partial charge in [-0.15, -0.1) is 0 Å². The van der Waals surface area contributed by atoms with Crippen LogP contribution in [0.5, 0.6) is 0 Å². The van der Waals surface area contributed by atoms with E-state index < -0.39 is 8.32 Å². The Hall–Kier alpha value is 0.827. The lowest BCUT2D eigenvalue weighted by Gasteiger charge is -2.43. The van der Waals surface area contributed by atoms with Gasteiger partial charge in [-0.2, -0.15) is 0 Å². The van der Waals surface area contributed by atoms with Gasteiger partial charge in [-0.1, -0.05) is 43.4 Å². The standard InChI is InChI=1S/C17H33IO3Si/c1-16(2,3)22(4,5)21-13-15-6-8-17(19-10-11-20-17)12-14(15)7-9-18/h14-15H,6-13H2,1-5H3. The van der Waals surface area contributed by atoms with Crippen molar-refractivity contribution in [1.82, 2.24) is 0 Å². The Kier molecular flexibility index (Phi) is 6.42. The molecule has 2 fully saturated rings. The molecule has 1 spiro atoms. The first kappa shape index (κ1) is 19.2. The number of hydrogen-bond acceptors (Lipinski definition) is 3. The summed E-state index contributed by atoms with van der Waals surface area (Å²) in [7, 11) is -1.65. The summed E-state index contributed by atoms with van der Waals surface area (Å²) < 4.78 is 19.6. The van der Waals surface area contributed by atoms with Crippen molar-refractivity contribution < 1.29 is 13.9 Å². The van der Waals surface area contributed by atoms with Crippen molar-refractivity contribution in [1.29, 1.82) is 0 Å². The van der Waals surface area contributed by atoms with E-state index >= 15 is 0 Å². The van der Waals surface area contributed by atoms with E-state index in [0.29, 0.717) is 16.9 Å². The first-order chi connectivity index (χ1) is 10.2. The molecule has 2 rings (SSSR count). The Balaban J connectivity index is 1.95. The summed E-state index contributed by atoms with van der Waals surface area (Å²) in [5, 5.41) is 0.291. The Labute approximate surface area is 151 Å². The van der Waals surface area contributed by atoms with Crippen molar-refractivity contribution in [2.75, 3.05) is 24.2 Å². The van der Waals surface area contributed by atoms with Crippen LogP contribution in [0.1, 0.15) is 46.5 Å². The molecule has 0 bridgehead atoms. The summed E-state index contributed by atoms with van der Waals surface area (Å²) in [5.41, 5.74) is 0. The second kappa shape index (κ2) is 7.38. The third-order valence-corrected chi connectivity index (χ3v) is 11.0. The maximum atomic E-state index is 6.52. The van der Waals surface area contributed by atoms with Crippen molar-refractivity contribution in [2.45, 2.75) is 70.4 Å². The zero-order valence-corrected chi connectivity index (χ0v) is 18.1. The molecule has 1 aliphatic carbocycles. The Morgan fingerprint density at radius 3 is 2.36 bits per heavy atom. The summed E-state index contributed by atoms with van der Waals surface area (Å²) in [6.07, 6.45) is 4.52. The van der Waals surface area contributed by atoms with Gasteiger partial charge < -0.3 is 13.9 Å². The lowest BCUT2D eigenvalue weighted by molar-refractivity contribution is -0.196. The maximum absolute atomic E-state index is 6.52. The molecule has 0 amide bonds. The third-order valence-electron chi connectivity index (χ3n) is 5.89. The van der Waals surface area contributed by atoms with Crippen LogP contribution >= 0.6 is 22.6 Å². The number of alkyl halides is 1. The zero-order chi connectivity index (χ0) is 16.4. The van der Waals surface area contributed by atoms with E-state index in [1.165, 1.54) is 17.3 Å². The third kappa shape index (κ3) is 4.46. The second-order valence-electron chi connectivity index (χ2n) is 8.42. The molecule has 0 N–H and O–H groups in total. The Morgan fingerprint density at radius 2 is 1.82 bits per heavy atom. The molecule has 2 unspecified atom stereocenters. The van der Waals surface area contributed by atoms with Crippen molar-refractivity contribution in [2.24, 2.45) is 11.8 Å². The van der Waals surface area contributed by atoms with Crippen LogP contribution < -0.4 is 0 Å².